The fourth-order valence-electron chi connectivity index (χ4n) is 2.67. The summed E-state index contributed by atoms with van der Waals surface area (Å²) in [6.07, 6.45) is 8.09. The second-order valence-corrected chi connectivity index (χ2v) is 7.44. The molecule has 17 heavy (non-hydrogen) atoms. The first-order chi connectivity index (χ1) is 8.35. The van der Waals surface area contributed by atoms with Crippen molar-refractivity contribution in [1.82, 2.24) is 0 Å². The van der Waals surface area contributed by atoms with E-state index < -0.39 is 0 Å². The van der Waals surface area contributed by atoms with E-state index in [1.54, 1.807) is 0 Å². The van der Waals surface area contributed by atoms with Crippen LogP contribution in [0.1, 0.15) is 32.1 Å². The molecule has 2 rings (SSSR count). The van der Waals surface area contributed by atoms with Gasteiger partial charge in [-0.25, -0.2) is 0 Å². The lowest BCUT2D eigenvalue weighted by Crippen LogP contribution is -2.47. The van der Waals surface area contributed by atoms with Crippen molar-refractivity contribution in [3.8, 4) is 0 Å². The lowest BCUT2D eigenvalue weighted by atomic mass is 10.0. The SMILES string of the molecule is C=CCCC1([SiH2]c2ccccc2)CCCCO1. The summed E-state index contributed by atoms with van der Waals surface area (Å²) in [5.41, 5.74) is 0. The average Bonchev–Trinajstić information content (AvgIpc) is 2.39. The van der Waals surface area contributed by atoms with Crippen LogP contribution in [-0.4, -0.2) is 21.4 Å². The van der Waals surface area contributed by atoms with Crippen molar-refractivity contribution in [2.45, 2.75) is 37.3 Å². The molecule has 1 saturated heterocycles. The topological polar surface area (TPSA) is 9.23 Å². The van der Waals surface area contributed by atoms with E-state index >= 15 is 0 Å². The Kier molecular flexibility index (Phi) is 4.57. The lowest BCUT2D eigenvalue weighted by Gasteiger charge is -2.37. The summed E-state index contributed by atoms with van der Waals surface area (Å²) >= 11 is 0. The molecule has 1 aromatic rings. The van der Waals surface area contributed by atoms with Crippen LogP contribution in [0, 0.1) is 0 Å². The number of ether oxygens (including phenoxy) is 1. The van der Waals surface area contributed by atoms with Gasteiger partial charge >= 0.3 is 0 Å². The van der Waals surface area contributed by atoms with Crippen molar-refractivity contribution in [1.29, 1.82) is 0 Å². The van der Waals surface area contributed by atoms with E-state index in [1.165, 1.54) is 24.4 Å². The summed E-state index contributed by atoms with van der Waals surface area (Å²) < 4.78 is 6.19. The first kappa shape index (κ1) is 12.6. The molecular formula is C15H22OSi. The number of allylic oxidation sites excluding steroid dienone is 1. The summed E-state index contributed by atoms with van der Waals surface area (Å²) in [6, 6.07) is 10.9. The molecule has 1 fully saturated rings. The van der Waals surface area contributed by atoms with E-state index in [0.29, 0.717) is 0 Å². The summed E-state index contributed by atoms with van der Waals surface area (Å²) in [7, 11) is -0.354. The van der Waals surface area contributed by atoms with E-state index in [4.69, 9.17) is 4.74 Å². The van der Waals surface area contributed by atoms with Gasteiger partial charge in [-0.1, -0.05) is 41.6 Å². The Hall–Kier alpha value is -0.863. The van der Waals surface area contributed by atoms with Gasteiger partial charge in [0.15, 0.2) is 0 Å². The zero-order valence-corrected chi connectivity index (χ0v) is 11.9. The van der Waals surface area contributed by atoms with Crippen molar-refractivity contribution < 1.29 is 4.74 Å². The fraction of sp³-hybridized carbons (Fsp3) is 0.467. The Morgan fingerprint density at radius 2 is 2.12 bits per heavy atom. The second kappa shape index (κ2) is 6.17. The van der Waals surface area contributed by atoms with Gasteiger partial charge < -0.3 is 4.74 Å². The van der Waals surface area contributed by atoms with Crippen molar-refractivity contribution in [2.24, 2.45) is 0 Å². The molecule has 1 nitrogen and oxygen atoms in total. The first-order valence-electron chi connectivity index (χ1n) is 6.63. The molecule has 0 N–H and O–H groups in total. The van der Waals surface area contributed by atoms with E-state index in [1.807, 2.05) is 6.08 Å². The van der Waals surface area contributed by atoms with Gasteiger partial charge in [0.2, 0.25) is 0 Å². The van der Waals surface area contributed by atoms with E-state index in [9.17, 15) is 0 Å². The highest BCUT2D eigenvalue weighted by Gasteiger charge is 2.32. The van der Waals surface area contributed by atoms with Crippen molar-refractivity contribution in [2.75, 3.05) is 6.61 Å². The smallest absolute Gasteiger partial charge is 0.0926 e. The van der Waals surface area contributed by atoms with E-state index in [0.717, 1.165) is 19.4 Å². The predicted molar refractivity (Wildman–Crippen MR) is 76.6 cm³/mol. The van der Waals surface area contributed by atoms with Gasteiger partial charge in [-0.3, -0.25) is 0 Å². The Bertz CT molecular complexity index is 341. The van der Waals surface area contributed by atoms with Gasteiger partial charge in [-0.05, 0) is 32.1 Å². The standard InChI is InChI=1S/C15H22OSi/c1-2-3-11-15(12-7-8-13-16-15)17-14-9-5-4-6-10-14/h2,4-6,9-10H,1,3,7-8,11-13,17H2. The number of hydrogen-bond acceptors (Lipinski definition) is 1. The Morgan fingerprint density at radius 1 is 1.29 bits per heavy atom. The van der Waals surface area contributed by atoms with Crippen LogP contribution in [-0.2, 0) is 4.74 Å². The summed E-state index contributed by atoms with van der Waals surface area (Å²) in [6.45, 7) is 4.80. The lowest BCUT2D eigenvalue weighted by molar-refractivity contribution is -0.0236. The third kappa shape index (κ3) is 3.55. The van der Waals surface area contributed by atoms with Crippen LogP contribution >= 0.6 is 0 Å². The summed E-state index contributed by atoms with van der Waals surface area (Å²) in [5, 5.41) is 1.73. The molecule has 0 aliphatic carbocycles. The van der Waals surface area contributed by atoms with Crippen molar-refractivity contribution in [3.63, 3.8) is 0 Å². The average molecular weight is 246 g/mol. The minimum atomic E-state index is -0.354. The number of hydrogen-bond donors (Lipinski definition) is 0. The molecule has 92 valence electrons. The van der Waals surface area contributed by atoms with Gasteiger partial charge in [0, 0.05) is 6.61 Å². The number of rotatable bonds is 5. The summed E-state index contributed by atoms with van der Waals surface area (Å²) in [5.74, 6) is 0. The maximum Gasteiger partial charge on any atom is 0.0926 e. The summed E-state index contributed by atoms with van der Waals surface area (Å²) in [4.78, 5) is 0. The Balaban J connectivity index is 2.06. The largest absolute Gasteiger partial charge is 0.379 e. The van der Waals surface area contributed by atoms with Crippen molar-refractivity contribution in [3.05, 3.63) is 43.0 Å². The molecule has 1 unspecified atom stereocenters. The molecule has 1 aliphatic heterocycles. The van der Waals surface area contributed by atoms with Gasteiger partial charge in [-0.15, -0.1) is 6.58 Å². The minimum absolute atomic E-state index is 0.202. The zero-order valence-electron chi connectivity index (χ0n) is 10.5. The quantitative estimate of drug-likeness (QED) is 0.572. The minimum Gasteiger partial charge on any atom is -0.379 e. The molecule has 0 spiro atoms. The van der Waals surface area contributed by atoms with Crippen LogP contribution in [0.5, 0.6) is 0 Å². The highest BCUT2D eigenvalue weighted by molar-refractivity contribution is 6.56. The molecule has 1 heterocycles. The molecule has 0 bridgehead atoms. The van der Waals surface area contributed by atoms with Gasteiger partial charge in [-0.2, -0.15) is 0 Å². The van der Waals surface area contributed by atoms with Crippen LogP contribution < -0.4 is 5.19 Å². The maximum atomic E-state index is 6.19. The van der Waals surface area contributed by atoms with Crippen LogP contribution in [0.4, 0.5) is 0 Å². The van der Waals surface area contributed by atoms with E-state index in [-0.39, 0.29) is 14.7 Å². The molecule has 0 saturated carbocycles. The maximum absolute atomic E-state index is 6.19. The third-order valence-electron chi connectivity index (χ3n) is 3.61. The Labute approximate surface area is 107 Å². The molecular weight excluding hydrogens is 224 g/mol. The molecule has 1 aliphatic rings. The van der Waals surface area contributed by atoms with Crippen LogP contribution in [0.15, 0.2) is 43.0 Å². The van der Waals surface area contributed by atoms with Gasteiger partial charge in [0.1, 0.15) is 0 Å². The third-order valence-corrected chi connectivity index (χ3v) is 6.04. The molecule has 2 heteroatoms. The molecule has 1 atom stereocenters. The predicted octanol–water partition coefficient (Wildman–Crippen LogP) is 2.34. The number of benzene rings is 1. The molecule has 1 aromatic carbocycles. The van der Waals surface area contributed by atoms with Gasteiger partial charge in [0.05, 0.1) is 14.7 Å². The first-order valence-corrected chi connectivity index (χ1v) is 8.05. The zero-order chi connectivity index (χ0) is 12.0. The highest BCUT2D eigenvalue weighted by Crippen LogP contribution is 2.28. The molecule has 0 amide bonds. The van der Waals surface area contributed by atoms with Crippen LogP contribution in [0.3, 0.4) is 0 Å². The monoisotopic (exact) mass is 246 g/mol. The second-order valence-electron chi connectivity index (χ2n) is 4.98. The normalized spacial score (nSPS) is 25.2. The Morgan fingerprint density at radius 3 is 2.76 bits per heavy atom. The fourth-order valence-corrected chi connectivity index (χ4v) is 4.97. The molecule has 0 radical (unpaired) electrons. The van der Waals surface area contributed by atoms with Gasteiger partial charge in [0.25, 0.3) is 0 Å². The highest BCUT2D eigenvalue weighted by atomic mass is 28.2. The van der Waals surface area contributed by atoms with Crippen molar-refractivity contribution >= 4 is 14.7 Å². The van der Waals surface area contributed by atoms with E-state index in [2.05, 4.69) is 36.9 Å². The molecule has 0 aromatic heterocycles. The van der Waals surface area contributed by atoms with Crippen LogP contribution in [0.2, 0.25) is 0 Å². The van der Waals surface area contributed by atoms with Crippen LogP contribution in [0.25, 0.3) is 0 Å².